The molecule has 0 aliphatic heterocycles. The fourth-order valence-electron chi connectivity index (χ4n) is 2.78. The highest BCUT2D eigenvalue weighted by Crippen LogP contribution is 2.33. The Labute approximate surface area is 152 Å². The minimum atomic E-state index is -4.59. The first-order chi connectivity index (χ1) is 12.1. The highest BCUT2D eigenvalue weighted by Gasteiger charge is 2.33. The number of benzene rings is 1. The summed E-state index contributed by atoms with van der Waals surface area (Å²) in [5.74, 6) is -0.558. The molecule has 2 aromatic heterocycles. The molecule has 0 spiro atoms. The lowest BCUT2D eigenvalue weighted by molar-refractivity contribution is -0.137. The number of aromatic nitrogens is 2. The summed E-state index contributed by atoms with van der Waals surface area (Å²) in [5, 5.41) is 2.55. The van der Waals surface area contributed by atoms with Gasteiger partial charge in [-0.1, -0.05) is 29.3 Å². The van der Waals surface area contributed by atoms with Crippen molar-refractivity contribution in [2.24, 2.45) is 0 Å². The van der Waals surface area contributed by atoms with Gasteiger partial charge in [-0.2, -0.15) is 13.2 Å². The van der Waals surface area contributed by atoms with Crippen LogP contribution in [0.25, 0.3) is 5.65 Å². The van der Waals surface area contributed by atoms with Gasteiger partial charge in [0, 0.05) is 11.9 Å². The lowest BCUT2D eigenvalue weighted by Gasteiger charge is -2.11. The molecular formula is C18H15ClF3N3O. The number of nitrogens with one attached hydrogen (secondary N) is 1. The van der Waals surface area contributed by atoms with Crippen molar-refractivity contribution < 1.29 is 18.0 Å². The molecule has 0 aliphatic carbocycles. The largest absolute Gasteiger partial charge is 0.417 e. The molecule has 0 atom stereocenters. The summed E-state index contributed by atoms with van der Waals surface area (Å²) in [6.07, 6.45) is -3.75. The van der Waals surface area contributed by atoms with Crippen molar-refractivity contribution in [1.29, 1.82) is 0 Å². The zero-order valence-electron chi connectivity index (χ0n) is 14.2. The molecule has 1 amide bonds. The van der Waals surface area contributed by atoms with E-state index in [0.29, 0.717) is 5.69 Å². The smallest absolute Gasteiger partial charge is 0.320 e. The normalized spacial score (nSPS) is 11.8. The van der Waals surface area contributed by atoms with E-state index in [4.69, 9.17) is 11.6 Å². The van der Waals surface area contributed by atoms with Gasteiger partial charge in [-0.05, 0) is 38.5 Å². The van der Waals surface area contributed by atoms with Crippen molar-refractivity contribution in [3.8, 4) is 0 Å². The van der Waals surface area contributed by atoms with E-state index < -0.39 is 17.6 Å². The zero-order chi connectivity index (χ0) is 19.2. The molecule has 0 radical (unpaired) electrons. The van der Waals surface area contributed by atoms with Crippen LogP contribution in [0.1, 0.15) is 32.9 Å². The minimum absolute atomic E-state index is 0.00738. The number of carbonyl (C=O) groups is 1. The maximum atomic E-state index is 13.1. The molecule has 3 aromatic rings. The van der Waals surface area contributed by atoms with Crippen LogP contribution in [0.5, 0.6) is 0 Å². The monoisotopic (exact) mass is 381 g/mol. The minimum Gasteiger partial charge on any atom is -0.320 e. The molecule has 3 rings (SSSR count). The number of rotatable bonds is 2. The molecule has 0 aliphatic rings. The van der Waals surface area contributed by atoms with Gasteiger partial charge in [0.05, 0.1) is 16.3 Å². The highest BCUT2D eigenvalue weighted by molar-refractivity contribution is 6.33. The third-order valence-corrected chi connectivity index (χ3v) is 4.30. The fourth-order valence-corrected chi connectivity index (χ4v) is 3.03. The summed E-state index contributed by atoms with van der Waals surface area (Å²) in [6.45, 7) is 5.31. The molecule has 1 aromatic carbocycles. The number of nitrogens with zero attached hydrogens (tertiary/aromatic N) is 2. The standard InChI is InChI=1S/C18H15ClF3N3O/c1-9-4-5-14(10(2)6-9)24-17(26)15-11(3)23-16-13(19)7-12(8-25(15)16)18(20,21)22/h4-8H,1-3H3,(H,24,26). The van der Waals surface area contributed by atoms with Crippen LogP contribution in [0, 0.1) is 20.8 Å². The Bertz CT molecular complexity index is 1020. The first kappa shape index (κ1) is 18.3. The quantitative estimate of drug-likeness (QED) is 0.664. The summed E-state index contributed by atoms with van der Waals surface area (Å²) in [6, 6.07) is 6.28. The van der Waals surface area contributed by atoms with E-state index in [2.05, 4.69) is 10.3 Å². The molecule has 136 valence electrons. The first-order valence-electron chi connectivity index (χ1n) is 7.72. The van der Waals surface area contributed by atoms with Gasteiger partial charge in [0.15, 0.2) is 5.65 Å². The van der Waals surface area contributed by atoms with Crippen LogP contribution in [0.15, 0.2) is 30.5 Å². The number of hydrogen-bond acceptors (Lipinski definition) is 2. The van der Waals surface area contributed by atoms with Gasteiger partial charge in [0.1, 0.15) is 5.69 Å². The second kappa shape index (κ2) is 6.32. The number of halogens is 4. The van der Waals surface area contributed by atoms with Gasteiger partial charge in [-0.15, -0.1) is 0 Å². The summed E-state index contributed by atoms with van der Waals surface area (Å²) in [5.41, 5.74) is 1.90. The highest BCUT2D eigenvalue weighted by atomic mass is 35.5. The molecule has 26 heavy (non-hydrogen) atoms. The first-order valence-corrected chi connectivity index (χ1v) is 8.09. The van der Waals surface area contributed by atoms with Crippen LogP contribution >= 0.6 is 11.6 Å². The number of pyridine rings is 1. The Morgan fingerprint density at radius 1 is 1.19 bits per heavy atom. The van der Waals surface area contributed by atoms with Crippen molar-refractivity contribution in [1.82, 2.24) is 9.38 Å². The van der Waals surface area contributed by atoms with Crippen molar-refractivity contribution in [3.63, 3.8) is 0 Å². The topological polar surface area (TPSA) is 46.4 Å². The van der Waals surface area contributed by atoms with Crippen molar-refractivity contribution in [2.75, 3.05) is 5.32 Å². The summed E-state index contributed by atoms with van der Waals surface area (Å²) in [4.78, 5) is 16.9. The molecule has 0 bridgehead atoms. The third-order valence-electron chi connectivity index (χ3n) is 4.02. The Hall–Kier alpha value is -2.54. The number of aryl methyl sites for hydroxylation is 3. The number of amides is 1. The molecule has 0 unspecified atom stereocenters. The van der Waals surface area contributed by atoms with Gasteiger partial charge in [-0.25, -0.2) is 4.98 Å². The predicted octanol–water partition coefficient (Wildman–Crippen LogP) is 5.18. The molecular weight excluding hydrogens is 367 g/mol. The maximum absolute atomic E-state index is 13.1. The Morgan fingerprint density at radius 3 is 2.50 bits per heavy atom. The van der Waals surface area contributed by atoms with Gasteiger partial charge in [0.2, 0.25) is 0 Å². The molecule has 0 saturated carbocycles. The van der Waals surface area contributed by atoms with E-state index in [-0.39, 0.29) is 22.1 Å². The van der Waals surface area contributed by atoms with Crippen LogP contribution in [0.4, 0.5) is 18.9 Å². The molecule has 4 nitrogen and oxygen atoms in total. The summed E-state index contributed by atoms with van der Waals surface area (Å²) >= 11 is 5.95. The Morgan fingerprint density at radius 2 is 1.88 bits per heavy atom. The van der Waals surface area contributed by atoms with Crippen molar-refractivity contribution in [3.05, 3.63) is 63.6 Å². The molecule has 0 fully saturated rings. The summed E-state index contributed by atoms with van der Waals surface area (Å²) in [7, 11) is 0. The number of carbonyl (C=O) groups excluding carboxylic acids is 1. The average molecular weight is 382 g/mol. The Balaban J connectivity index is 2.10. The van der Waals surface area contributed by atoms with E-state index >= 15 is 0 Å². The second-order valence-corrected chi connectivity index (χ2v) is 6.49. The lowest BCUT2D eigenvalue weighted by Crippen LogP contribution is -2.17. The van der Waals surface area contributed by atoms with E-state index in [1.165, 1.54) is 0 Å². The van der Waals surface area contributed by atoms with Crippen LogP contribution in [-0.4, -0.2) is 15.3 Å². The second-order valence-electron chi connectivity index (χ2n) is 6.09. The van der Waals surface area contributed by atoms with Gasteiger partial charge in [0.25, 0.3) is 5.91 Å². The fraction of sp³-hybridized carbons (Fsp3) is 0.222. The van der Waals surface area contributed by atoms with Gasteiger partial charge >= 0.3 is 6.18 Å². The number of anilines is 1. The number of imidazole rings is 1. The van der Waals surface area contributed by atoms with Crippen molar-refractivity contribution >= 4 is 28.8 Å². The molecule has 8 heteroatoms. The van der Waals surface area contributed by atoms with Gasteiger partial charge in [-0.3, -0.25) is 9.20 Å². The van der Waals surface area contributed by atoms with Crippen LogP contribution in [0.3, 0.4) is 0 Å². The number of hydrogen-bond donors (Lipinski definition) is 1. The van der Waals surface area contributed by atoms with E-state index in [9.17, 15) is 18.0 Å². The van der Waals surface area contributed by atoms with Gasteiger partial charge < -0.3 is 5.32 Å². The maximum Gasteiger partial charge on any atom is 0.417 e. The van der Waals surface area contributed by atoms with E-state index in [1.54, 1.807) is 13.0 Å². The molecule has 1 N–H and O–H groups in total. The van der Waals surface area contributed by atoms with Crippen LogP contribution in [-0.2, 0) is 6.18 Å². The lowest BCUT2D eigenvalue weighted by atomic mass is 10.1. The van der Waals surface area contributed by atoms with Crippen LogP contribution < -0.4 is 5.32 Å². The van der Waals surface area contributed by atoms with E-state index in [0.717, 1.165) is 27.8 Å². The Kier molecular flexibility index (Phi) is 4.44. The van der Waals surface area contributed by atoms with E-state index in [1.807, 2.05) is 26.0 Å². The molecule has 0 saturated heterocycles. The molecule has 2 heterocycles. The zero-order valence-corrected chi connectivity index (χ0v) is 15.0. The number of alkyl halides is 3. The summed E-state index contributed by atoms with van der Waals surface area (Å²) < 4.78 is 40.3. The predicted molar refractivity (Wildman–Crippen MR) is 93.8 cm³/mol. The SMILES string of the molecule is Cc1ccc(NC(=O)c2c(C)nc3c(Cl)cc(C(F)(F)F)cn23)c(C)c1. The average Bonchev–Trinajstić information content (AvgIpc) is 2.86. The third kappa shape index (κ3) is 3.26. The number of fused-ring (bicyclic) bond motifs is 1. The van der Waals surface area contributed by atoms with Crippen LogP contribution in [0.2, 0.25) is 5.02 Å². The van der Waals surface area contributed by atoms with Crippen molar-refractivity contribution in [2.45, 2.75) is 26.9 Å².